The van der Waals surface area contributed by atoms with E-state index in [1.54, 1.807) is 0 Å². The van der Waals surface area contributed by atoms with Gasteiger partial charge in [-0.25, -0.2) is 0 Å². The normalized spacial score (nSPS) is 11.3. The second-order valence-electron chi connectivity index (χ2n) is 6.21. The molecule has 3 heteroatoms. The van der Waals surface area contributed by atoms with E-state index in [9.17, 15) is 4.79 Å². The molecular weight excluding hydrogens is 296 g/mol. The number of unbranched alkanes of at least 4 members (excludes halogenated alkanes) is 3. The van der Waals surface area contributed by atoms with Crippen molar-refractivity contribution in [1.29, 1.82) is 0 Å². The van der Waals surface area contributed by atoms with Crippen molar-refractivity contribution in [3.63, 3.8) is 0 Å². The van der Waals surface area contributed by atoms with Crippen LogP contribution in [0.3, 0.4) is 0 Å². The minimum Gasteiger partial charge on any atom is -0.391 e. The van der Waals surface area contributed by atoms with Crippen LogP contribution in [0.15, 0.2) is 42.1 Å². The van der Waals surface area contributed by atoms with E-state index in [1.165, 1.54) is 24.0 Å². The Bertz CT molecular complexity index is 468. The van der Waals surface area contributed by atoms with Gasteiger partial charge < -0.3 is 10.6 Å². The number of carbonyl (C=O) groups is 1. The van der Waals surface area contributed by atoms with Crippen molar-refractivity contribution in [2.24, 2.45) is 0 Å². The maximum absolute atomic E-state index is 11.8. The molecule has 134 valence electrons. The first-order chi connectivity index (χ1) is 11.8. The van der Waals surface area contributed by atoms with Crippen molar-refractivity contribution in [2.45, 2.75) is 65.2 Å². The van der Waals surface area contributed by atoms with Crippen LogP contribution in [-0.4, -0.2) is 19.0 Å². The molecule has 24 heavy (non-hydrogen) atoms. The lowest BCUT2D eigenvalue weighted by Gasteiger charge is -2.08. The van der Waals surface area contributed by atoms with Crippen LogP contribution in [0.2, 0.25) is 0 Å². The van der Waals surface area contributed by atoms with Gasteiger partial charge in [0.2, 0.25) is 5.91 Å². The first-order valence-electron chi connectivity index (χ1n) is 9.48. The van der Waals surface area contributed by atoms with Crippen molar-refractivity contribution in [1.82, 2.24) is 10.6 Å². The molecule has 0 heterocycles. The molecule has 0 atom stereocenters. The molecule has 0 fully saturated rings. The molecule has 1 amide bonds. The molecule has 0 saturated heterocycles. The summed E-state index contributed by atoms with van der Waals surface area (Å²) in [4.78, 5) is 11.8. The molecule has 0 aromatic heterocycles. The Hall–Kier alpha value is -1.77. The zero-order chi connectivity index (χ0) is 17.5. The number of hydrogen-bond donors (Lipinski definition) is 2. The molecule has 0 radical (unpaired) electrons. The highest BCUT2D eigenvalue weighted by Crippen LogP contribution is 2.09. The van der Waals surface area contributed by atoms with Crippen LogP contribution in [0, 0.1) is 0 Å². The van der Waals surface area contributed by atoms with Crippen LogP contribution in [0.25, 0.3) is 0 Å². The molecule has 0 aliphatic heterocycles. The van der Waals surface area contributed by atoms with Crippen LogP contribution in [-0.2, 0) is 11.2 Å². The summed E-state index contributed by atoms with van der Waals surface area (Å²) in [5, 5.41) is 6.26. The molecule has 1 rings (SSSR count). The summed E-state index contributed by atoms with van der Waals surface area (Å²) in [6, 6.07) is 10.6. The van der Waals surface area contributed by atoms with E-state index in [1.807, 2.05) is 0 Å². The lowest BCUT2D eigenvalue weighted by molar-refractivity contribution is -0.121. The first kappa shape index (κ1) is 20.3. The SMILES string of the molecule is CCN/C=C(\CC)CCNC(=O)CCCCCCc1ccccc1. The highest BCUT2D eigenvalue weighted by Gasteiger charge is 2.02. The minimum absolute atomic E-state index is 0.192. The molecule has 0 bridgehead atoms. The molecular formula is C21H34N2O. The largest absolute Gasteiger partial charge is 0.391 e. The number of benzene rings is 1. The van der Waals surface area contributed by atoms with Gasteiger partial charge >= 0.3 is 0 Å². The molecule has 1 aromatic rings. The maximum atomic E-state index is 11.8. The van der Waals surface area contributed by atoms with Crippen LogP contribution in [0.1, 0.15) is 64.4 Å². The fourth-order valence-corrected chi connectivity index (χ4v) is 2.66. The number of hydrogen-bond acceptors (Lipinski definition) is 2. The Labute approximate surface area is 147 Å². The van der Waals surface area contributed by atoms with E-state index in [0.717, 1.165) is 45.2 Å². The van der Waals surface area contributed by atoms with Gasteiger partial charge in [0.05, 0.1) is 0 Å². The average Bonchev–Trinajstić information content (AvgIpc) is 2.61. The minimum atomic E-state index is 0.192. The summed E-state index contributed by atoms with van der Waals surface area (Å²) in [5.74, 6) is 0.192. The topological polar surface area (TPSA) is 41.1 Å². The Morgan fingerprint density at radius 3 is 2.46 bits per heavy atom. The third-order valence-corrected chi connectivity index (χ3v) is 4.19. The highest BCUT2D eigenvalue weighted by atomic mass is 16.1. The first-order valence-corrected chi connectivity index (χ1v) is 9.48. The summed E-state index contributed by atoms with van der Waals surface area (Å²) in [6.45, 7) is 5.93. The van der Waals surface area contributed by atoms with Gasteiger partial charge in [-0.1, -0.05) is 55.7 Å². The lowest BCUT2D eigenvalue weighted by atomic mass is 10.1. The summed E-state index contributed by atoms with van der Waals surface area (Å²) >= 11 is 0. The number of rotatable bonds is 13. The van der Waals surface area contributed by atoms with Crippen molar-refractivity contribution < 1.29 is 4.79 Å². The van der Waals surface area contributed by atoms with Gasteiger partial charge in [0.15, 0.2) is 0 Å². The standard InChI is InChI=1S/C21H34N2O/c1-3-19(18-22-4-2)16-17-23-21(24)15-11-6-5-8-12-20-13-9-7-10-14-20/h7,9-10,13-14,18,22H,3-6,8,11-12,15-17H2,1-2H3,(H,23,24)/b19-18+. The average molecular weight is 331 g/mol. The zero-order valence-electron chi connectivity index (χ0n) is 15.4. The second kappa shape index (κ2) is 13.6. The number of amides is 1. The van der Waals surface area contributed by atoms with E-state index >= 15 is 0 Å². The van der Waals surface area contributed by atoms with Crippen molar-refractivity contribution >= 4 is 5.91 Å². The zero-order valence-corrected chi connectivity index (χ0v) is 15.4. The van der Waals surface area contributed by atoms with E-state index in [4.69, 9.17) is 0 Å². The van der Waals surface area contributed by atoms with Crippen molar-refractivity contribution in [2.75, 3.05) is 13.1 Å². The predicted octanol–water partition coefficient (Wildman–Crippen LogP) is 4.59. The molecule has 0 saturated carbocycles. The summed E-state index contributed by atoms with van der Waals surface area (Å²) in [7, 11) is 0. The van der Waals surface area contributed by atoms with Crippen molar-refractivity contribution in [3.8, 4) is 0 Å². The third kappa shape index (κ3) is 10.1. The van der Waals surface area contributed by atoms with Crippen LogP contribution in [0.4, 0.5) is 0 Å². The summed E-state index contributed by atoms with van der Waals surface area (Å²) in [6.07, 6.45) is 10.4. The van der Waals surface area contributed by atoms with Gasteiger partial charge in [0.25, 0.3) is 0 Å². The molecule has 0 aliphatic rings. The number of carbonyl (C=O) groups excluding carboxylic acids is 1. The predicted molar refractivity (Wildman–Crippen MR) is 103 cm³/mol. The second-order valence-corrected chi connectivity index (χ2v) is 6.21. The quantitative estimate of drug-likeness (QED) is 0.519. The molecule has 1 aromatic carbocycles. The summed E-state index contributed by atoms with van der Waals surface area (Å²) < 4.78 is 0. The van der Waals surface area contributed by atoms with E-state index in [0.29, 0.717) is 6.42 Å². The van der Waals surface area contributed by atoms with Gasteiger partial charge in [0, 0.05) is 19.5 Å². The number of aryl methyl sites for hydroxylation is 1. The fraction of sp³-hybridized carbons (Fsp3) is 0.571. The van der Waals surface area contributed by atoms with Crippen LogP contribution in [0.5, 0.6) is 0 Å². The third-order valence-electron chi connectivity index (χ3n) is 4.19. The van der Waals surface area contributed by atoms with Crippen LogP contribution >= 0.6 is 0 Å². The monoisotopic (exact) mass is 330 g/mol. The molecule has 0 aliphatic carbocycles. The Morgan fingerprint density at radius 2 is 1.75 bits per heavy atom. The van der Waals surface area contributed by atoms with Gasteiger partial charge in [-0.3, -0.25) is 4.79 Å². The van der Waals surface area contributed by atoms with E-state index < -0.39 is 0 Å². The summed E-state index contributed by atoms with van der Waals surface area (Å²) in [5.41, 5.74) is 2.77. The van der Waals surface area contributed by atoms with Gasteiger partial charge in [-0.2, -0.15) is 0 Å². The van der Waals surface area contributed by atoms with E-state index in [2.05, 4.69) is 61.0 Å². The van der Waals surface area contributed by atoms with Gasteiger partial charge in [0.1, 0.15) is 0 Å². The lowest BCUT2D eigenvalue weighted by Crippen LogP contribution is -2.24. The highest BCUT2D eigenvalue weighted by molar-refractivity contribution is 5.75. The Balaban J connectivity index is 1.99. The maximum Gasteiger partial charge on any atom is 0.220 e. The van der Waals surface area contributed by atoms with Crippen LogP contribution < -0.4 is 10.6 Å². The molecule has 2 N–H and O–H groups in total. The Morgan fingerprint density at radius 1 is 1.00 bits per heavy atom. The molecule has 0 spiro atoms. The van der Waals surface area contributed by atoms with E-state index in [-0.39, 0.29) is 5.91 Å². The van der Waals surface area contributed by atoms with Gasteiger partial charge in [-0.05, 0) is 50.8 Å². The number of nitrogens with one attached hydrogen (secondary N) is 2. The van der Waals surface area contributed by atoms with Gasteiger partial charge in [-0.15, -0.1) is 0 Å². The Kier molecular flexibility index (Phi) is 11.5. The molecule has 0 unspecified atom stereocenters. The fourth-order valence-electron chi connectivity index (χ4n) is 2.66. The smallest absolute Gasteiger partial charge is 0.220 e. The van der Waals surface area contributed by atoms with Crippen molar-refractivity contribution in [3.05, 3.63) is 47.7 Å². The molecule has 3 nitrogen and oxygen atoms in total.